The summed E-state index contributed by atoms with van der Waals surface area (Å²) in [5.41, 5.74) is 3.73. The van der Waals surface area contributed by atoms with E-state index in [0.29, 0.717) is 22.1 Å². The van der Waals surface area contributed by atoms with Crippen molar-refractivity contribution in [2.75, 3.05) is 32.1 Å². The third-order valence-electron chi connectivity index (χ3n) is 6.83. The van der Waals surface area contributed by atoms with Crippen molar-refractivity contribution in [3.8, 4) is 5.75 Å². The molecule has 9 nitrogen and oxygen atoms in total. The Morgan fingerprint density at radius 3 is 1.93 bits per heavy atom. The van der Waals surface area contributed by atoms with Gasteiger partial charge in [-0.1, -0.05) is 18.2 Å². The first-order valence-electron chi connectivity index (χ1n) is 12.5. The third-order valence-corrected chi connectivity index (χ3v) is 8.55. The first kappa shape index (κ1) is 29.2. The molecule has 0 atom stereocenters. The van der Waals surface area contributed by atoms with E-state index in [4.69, 9.17) is 0 Å². The average Bonchev–Trinajstić information content (AvgIpc) is 2.90. The summed E-state index contributed by atoms with van der Waals surface area (Å²) in [5, 5.41) is 11.8. The van der Waals surface area contributed by atoms with Crippen LogP contribution >= 0.6 is 0 Å². The van der Waals surface area contributed by atoms with Gasteiger partial charge in [0.25, 0.3) is 20.2 Å². The Hall–Kier alpha value is -3.77. The van der Waals surface area contributed by atoms with Gasteiger partial charge in [0.1, 0.15) is 24.7 Å². The number of rotatable bonds is 7. The third kappa shape index (κ3) is 5.73. The first-order chi connectivity index (χ1) is 18.8. The van der Waals surface area contributed by atoms with Crippen molar-refractivity contribution in [1.29, 1.82) is 0 Å². The predicted octanol–water partition coefficient (Wildman–Crippen LogP) is 4.53. The number of phenols is 1. The van der Waals surface area contributed by atoms with Gasteiger partial charge in [-0.25, -0.2) is 4.58 Å². The molecule has 0 unspecified atom stereocenters. The second-order valence-corrected chi connectivity index (χ2v) is 12.3. The molecule has 0 aromatic heterocycles. The SMILES string of the molecule is CCN(CC)c1ccc(C(=C2C=CC(=[N+](C)C)C=C2)c2c(O)c(S(=O)(=O)O)cc3cc(S(=O)(=O)O)ccc23)cc1. The Bertz CT molecular complexity index is 1810. The van der Waals surface area contributed by atoms with Gasteiger partial charge in [0.05, 0.1) is 4.90 Å². The van der Waals surface area contributed by atoms with Crippen LogP contribution in [0.3, 0.4) is 0 Å². The number of hydrogen-bond acceptors (Lipinski definition) is 6. The summed E-state index contributed by atoms with van der Waals surface area (Å²) in [6.07, 6.45) is 7.42. The molecule has 0 amide bonds. The summed E-state index contributed by atoms with van der Waals surface area (Å²) in [6.45, 7) is 5.70. The molecule has 3 N–H and O–H groups in total. The Morgan fingerprint density at radius 1 is 0.825 bits per heavy atom. The molecule has 1 aliphatic rings. The molecule has 0 fully saturated rings. The van der Waals surface area contributed by atoms with Gasteiger partial charge in [-0.05, 0) is 78.2 Å². The van der Waals surface area contributed by atoms with Gasteiger partial charge in [0.15, 0.2) is 5.71 Å². The molecule has 3 aromatic carbocycles. The normalized spacial score (nSPS) is 13.7. The number of fused-ring (bicyclic) bond motifs is 1. The minimum absolute atomic E-state index is 0.0812. The molecular formula is C29H31N2O7S2+. The van der Waals surface area contributed by atoms with Crippen LogP contribution in [0.5, 0.6) is 5.75 Å². The molecule has 3 aromatic rings. The fourth-order valence-corrected chi connectivity index (χ4v) is 5.91. The number of hydrogen-bond donors (Lipinski definition) is 3. The smallest absolute Gasteiger partial charge is 0.298 e. The van der Waals surface area contributed by atoms with Crippen molar-refractivity contribution in [2.45, 2.75) is 23.6 Å². The molecule has 1 aliphatic carbocycles. The van der Waals surface area contributed by atoms with Crippen LogP contribution in [0.2, 0.25) is 0 Å². The molecule has 0 radical (unpaired) electrons. The Labute approximate surface area is 234 Å². The van der Waals surface area contributed by atoms with E-state index in [2.05, 4.69) is 4.90 Å². The Morgan fingerprint density at radius 2 is 1.43 bits per heavy atom. The maximum atomic E-state index is 12.3. The van der Waals surface area contributed by atoms with Crippen molar-refractivity contribution >= 4 is 48.0 Å². The van der Waals surface area contributed by atoms with Gasteiger partial charge in [-0.3, -0.25) is 9.11 Å². The standard InChI is InChI=1S/C29H30N2O7S2/c1-5-31(6-2)23-13-9-20(10-14-23)27(19-7-11-22(12-8-19)30(3)4)28-25-16-15-24(39(33,34)35)17-21(25)18-26(29(28)32)40(36,37)38/h7-18H,5-6H2,1-4H3,(H2,33,34,35,36,37,38)/p+1. The second-order valence-electron chi connectivity index (χ2n) is 9.47. The Kier molecular flexibility index (Phi) is 8.04. The first-order valence-corrected chi connectivity index (χ1v) is 15.4. The number of nitrogens with zero attached hydrogens (tertiary/aromatic N) is 2. The molecule has 4 rings (SSSR count). The van der Waals surface area contributed by atoms with Gasteiger partial charge in [0, 0.05) is 42.1 Å². The zero-order valence-corrected chi connectivity index (χ0v) is 24.2. The van der Waals surface area contributed by atoms with Gasteiger partial charge < -0.3 is 10.0 Å². The fraction of sp³-hybridized carbons (Fsp3) is 0.207. The highest BCUT2D eigenvalue weighted by atomic mass is 32.2. The predicted molar refractivity (Wildman–Crippen MR) is 157 cm³/mol. The van der Waals surface area contributed by atoms with E-state index in [1.54, 1.807) is 0 Å². The second kappa shape index (κ2) is 11.0. The lowest BCUT2D eigenvalue weighted by molar-refractivity contribution is -0.462. The molecule has 11 heteroatoms. The van der Waals surface area contributed by atoms with E-state index in [-0.39, 0.29) is 10.9 Å². The minimum atomic E-state index is -4.92. The summed E-state index contributed by atoms with van der Waals surface area (Å²) in [6, 6.07) is 12.2. The van der Waals surface area contributed by atoms with E-state index < -0.39 is 35.8 Å². The van der Waals surface area contributed by atoms with Gasteiger partial charge in [-0.15, -0.1) is 0 Å². The Balaban J connectivity index is 2.13. The summed E-state index contributed by atoms with van der Waals surface area (Å²) in [5.74, 6) is -0.686. The van der Waals surface area contributed by atoms with Gasteiger partial charge >= 0.3 is 0 Å². The quantitative estimate of drug-likeness (QED) is 0.273. The molecule has 0 saturated carbocycles. The van der Waals surface area contributed by atoms with Crippen LogP contribution in [0.1, 0.15) is 25.0 Å². The lowest BCUT2D eigenvalue weighted by Crippen LogP contribution is -2.21. The largest absolute Gasteiger partial charge is 0.506 e. The highest BCUT2D eigenvalue weighted by Gasteiger charge is 2.26. The van der Waals surface area contributed by atoms with Crippen molar-refractivity contribution < 1.29 is 35.6 Å². The summed E-state index contributed by atoms with van der Waals surface area (Å²) >= 11 is 0. The van der Waals surface area contributed by atoms with E-state index in [1.807, 2.05) is 81.1 Å². The molecular weight excluding hydrogens is 552 g/mol. The molecule has 0 bridgehead atoms. The highest BCUT2D eigenvalue weighted by Crippen LogP contribution is 2.43. The maximum Gasteiger partial charge on any atom is 0.298 e. The number of aromatic hydroxyl groups is 1. The van der Waals surface area contributed by atoms with Crippen molar-refractivity contribution in [3.63, 3.8) is 0 Å². The molecule has 0 aliphatic heterocycles. The highest BCUT2D eigenvalue weighted by molar-refractivity contribution is 7.86. The zero-order chi connectivity index (χ0) is 29.4. The molecule has 210 valence electrons. The van der Waals surface area contributed by atoms with Crippen molar-refractivity contribution in [1.82, 2.24) is 0 Å². The number of anilines is 1. The molecule has 0 saturated heterocycles. The molecule has 40 heavy (non-hydrogen) atoms. The summed E-state index contributed by atoms with van der Waals surface area (Å²) in [4.78, 5) is 0.918. The topological polar surface area (TPSA) is 135 Å². The lowest BCUT2D eigenvalue weighted by Gasteiger charge is -2.22. The summed E-state index contributed by atoms with van der Waals surface area (Å²) in [7, 11) is -5.74. The van der Waals surface area contributed by atoms with Gasteiger partial charge in [-0.2, -0.15) is 16.8 Å². The monoisotopic (exact) mass is 583 g/mol. The lowest BCUT2D eigenvalue weighted by atomic mass is 9.87. The minimum Gasteiger partial charge on any atom is -0.506 e. The zero-order valence-electron chi connectivity index (χ0n) is 22.5. The van der Waals surface area contributed by atoms with Crippen LogP contribution in [-0.2, 0) is 20.2 Å². The fourth-order valence-electron chi connectivity index (χ4n) is 4.77. The van der Waals surface area contributed by atoms with Crippen LogP contribution in [0.15, 0.2) is 88.2 Å². The molecule has 0 spiro atoms. The van der Waals surface area contributed by atoms with E-state index in [1.165, 1.54) is 12.1 Å². The number of allylic oxidation sites excluding steroid dienone is 5. The maximum absolute atomic E-state index is 12.3. The van der Waals surface area contributed by atoms with E-state index >= 15 is 0 Å². The van der Waals surface area contributed by atoms with Crippen LogP contribution < -0.4 is 4.90 Å². The van der Waals surface area contributed by atoms with Crippen LogP contribution in [0.4, 0.5) is 5.69 Å². The average molecular weight is 584 g/mol. The van der Waals surface area contributed by atoms with Gasteiger partial charge in [0.2, 0.25) is 0 Å². The van der Waals surface area contributed by atoms with Crippen LogP contribution in [0, 0.1) is 0 Å². The number of phenolic OH excluding ortho intramolecular Hbond substituents is 1. The molecule has 0 heterocycles. The van der Waals surface area contributed by atoms with E-state index in [9.17, 15) is 31.0 Å². The number of benzene rings is 3. The summed E-state index contributed by atoms with van der Waals surface area (Å²) < 4.78 is 69.8. The van der Waals surface area contributed by atoms with Crippen LogP contribution in [0.25, 0.3) is 16.3 Å². The van der Waals surface area contributed by atoms with Crippen molar-refractivity contribution in [3.05, 3.63) is 89.5 Å². The van der Waals surface area contributed by atoms with Crippen LogP contribution in [-0.4, -0.2) is 68.5 Å². The van der Waals surface area contributed by atoms with Crippen molar-refractivity contribution in [2.24, 2.45) is 0 Å². The van der Waals surface area contributed by atoms with E-state index in [0.717, 1.165) is 36.6 Å².